The van der Waals surface area contributed by atoms with Gasteiger partial charge in [-0.3, -0.25) is 10.1 Å². The molecule has 0 N–H and O–H groups in total. The predicted molar refractivity (Wildman–Crippen MR) is 121 cm³/mol. The van der Waals surface area contributed by atoms with E-state index in [9.17, 15) is 28.5 Å². The third-order valence-electron chi connectivity index (χ3n) is 4.53. The molecule has 174 valence electrons. The number of benzene rings is 3. The highest BCUT2D eigenvalue weighted by atomic mass is 35.5. The first-order valence-corrected chi connectivity index (χ1v) is 10.1. The van der Waals surface area contributed by atoms with Crippen molar-refractivity contribution in [2.45, 2.75) is 6.18 Å². The fourth-order valence-electron chi connectivity index (χ4n) is 2.93. The van der Waals surface area contributed by atoms with Crippen LogP contribution >= 0.6 is 23.2 Å². The number of methoxy groups -OCH3 is 1. The Kier molecular flexibility index (Phi) is 7.35. The molecule has 3 rings (SSSR count). The van der Waals surface area contributed by atoms with E-state index in [2.05, 4.69) is 6.07 Å². The van der Waals surface area contributed by atoms with E-state index in [1.54, 1.807) is 24.3 Å². The van der Waals surface area contributed by atoms with Crippen molar-refractivity contribution in [2.75, 3.05) is 7.11 Å². The van der Waals surface area contributed by atoms with Crippen LogP contribution < -0.4 is 9.47 Å². The maximum Gasteiger partial charge on any atom is 0.416 e. The van der Waals surface area contributed by atoms with E-state index >= 15 is 0 Å². The molecule has 0 saturated heterocycles. The molecule has 0 spiro atoms. The number of allylic oxidation sites excluding steroid dienone is 1. The van der Waals surface area contributed by atoms with Gasteiger partial charge in [-0.05, 0) is 53.6 Å². The van der Waals surface area contributed by atoms with Gasteiger partial charge in [0.25, 0.3) is 0 Å². The van der Waals surface area contributed by atoms with Crippen LogP contribution in [0.1, 0.15) is 16.7 Å². The summed E-state index contributed by atoms with van der Waals surface area (Å²) in [6.07, 6.45) is -3.24. The van der Waals surface area contributed by atoms with Crippen LogP contribution in [-0.4, -0.2) is 12.0 Å². The van der Waals surface area contributed by atoms with E-state index in [0.717, 1.165) is 6.07 Å². The number of nitrogens with zero attached hydrogens (tertiary/aromatic N) is 2. The van der Waals surface area contributed by atoms with Gasteiger partial charge >= 0.3 is 11.9 Å². The van der Waals surface area contributed by atoms with Crippen LogP contribution in [0.5, 0.6) is 17.2 Å². The number of alkyl halides is 3. The number of rotatable bonds is 6. The number of nitro benzene ring substituents is 1. The number of halogens is 5. The molecule has 34 heavy (non-hydrogen) atoms. The van der Waals surface area contributed by atoms with E-state index in [1.165, 1.54) is 25.3 Å². The van der Waals surface area contributed by atoms with Gasteiger partial charge in [0, 0.05) is 11.1 Å². The number of hydrogen-bond acceptors (Lipinski definition) is 5. The topological polar surface area (TPSA) is 85.4 Å². The molecule has 0 fully saturated rings. The van der Waals surface area contributed by atoms with Crippen LogP contribution in [0.25, 0.3) is 11.6 Å². The van der Waals surface area contributed by atoms with Gasteiger partial charge in [0.15, 0.2) is 11.5 Å². The molecule has 3 aromatic rings. The molecule has 0 aliphatic carbocycles. The number of ether oxygens (including phenoxy) is 2. The van der Waals surface area contributed by atoms with E-state index in [0.29, 0.717) is 33.9 Å². The average molecular weight is 509 g/mol. The van der Waals surface area contributed by atoms with Crippen molar-refractivity contribution in [3.8, 4) is 23.3 Å². The Balaban J connectivity index is 2.03. The summed E-state index contributed by atoms with van der Waals surface area (Å²) in [5.41, 5.74) is -0.755. The third kappa shape index (κ3) is 5.60. The number of nitriles is 1. The summed E-state index contributed by atoms with van der Waals surface area (Å²) in [5.74, 6) is -0.559. The first-order chi connectivity index (χ1) is 16.0. The van der Waals surface area contributed by atoms with Crippen molar-refractivity contribution in [2.24, 2.45) is 0 Å². The Bertz CT molecular complexity index is 1320. The maximum absolute atomic E-state index is 13.0. The molecular weight excluding hydrogens is 496 g/mol. The van der Waals surface area contributed by atoms with E-state index in [1.807, 2.05) is 0 Å². The van der Waals surface area contributed by atoms with Crippen LogP contribution in [0.3, 0.4) is 0 Å². The molecule has 0 atom stereocenters. The van der Waals surface area contributed by atoms with Gasteiger partial charge in [-0.1, -0.05) is 35.3 Å². The fraction of sp³-hybridized carbons (Fsp3) is 0.0870. The molecule has 0 heterocycles. The standard InChI is InChI=1S/C23H13Cl2F3N2O4/c1-33-21-10-13(8-15(12-29)14-2-5-17(24)6-3-14)9-18(25)22(21)34-20-7-4-16(23(26,27)28)11-19(20)30(31)32/h2-11H,1H3/b15-8+. The first kappa shape index (κ1) is 24.9. The summed E-state index contributed by atoms with van der Waals surface area (Å²) in [7, 11) is 1.29. The molecule has 6 nitrogen and oxygen atoms in total. The third-order valence-corrected chi connectivity index (χ3v) is 5.07. The van der Waals surface area contributed by atoms with Crippen molar-refractivity contribution in [3.05, 3.63) is 91.4 Å². The molecule has 0 aliphatic heterocycles. The molecule has 0 aliphatic rings. The van der Waals surface area contributed by atoms with Gasteiger partial charge < -0.3 is 9.47 Å². The lowest BCUT2D eigenvalue weighted by Gasteiger charge is -2.14. The second kappa shape index (κ2) is 10.0. The summed E-state index contributed by atoms with van der Waals surface area (Å²) in [6.45, 7) is 0. The zero-order valence-electron chi connectivity index (χ0n) is 17.2. The summed E-state index contributed by atoms with van der Waals surface area (Å²) < 4.78 is 49.6. The lowest BCUT2D eigenvalue weighted by molar-refractivity contribution is -0.385. The Labute approximate surface area is 201 Å². The minimum absolute atomic E-state index is 0.0429. The zero-order valence-corrected chi connectivity index (χ0v) is 18.7. The van der Waals surface area contributed by atoms with Crippen LogP contribution in [0.15, 0.2) is 54.6 Å². The Hall–Kier alpha value is -3.74. The van der Waals surface area contributed by atoms with E-state index in [-0.39, 0.29) is 16.5 Å². The second-order valence-corrected chi connectivity index (χ2v) is 7.59. The zero-order chi connectivity index (χ0) is 25.0. The van der Waals surface area contributed by atoms with Crippen LogP contribution in [0.4, 0.5) is 18.9 Å². The van der Waals surface area contributed by atoms with E-state index in [4.69, 9.17) is 32.7 Å². The molecule has 0 bridgehead atoms. The molecule has 0 radical (unpaired) electrons. The van der Waals surface area contributed by atoms with Crippen molar-refractivity contribution in [1.29, 1.82) is 5.26 Å². The lowest BCUT2D eigenvalue weighted by Crippen LogP contribution is -2.06. The highest BCUT2D eigenvalue weighted by Gasteiger charge is 2.33. The van der Waals surface area contributed by atoms with Crippen molar-refractivity contribution >= 4 is 40.5 Å². The molecule has 11 heteroatoms. The smallest absolute Gasteiger partial charge is 0.416 e. The Morgan fingerprint density at radius 2 is 1.76 bits per heavy atom. The molecule has 0 saturated carbocycles. The monoisotopic (exact) mass is 508 g/mol. The lowest BCUT2D eigenvalue weighted by atomic mass is 10.0. The normalized spacial score (nSPS) is 11.6. The highest BCUT2D eigenvalue weighted by Crippen LogP contribution is 2.44. The van der Waals surface area contributed by atoms with Crippen molar-refractivity contribution < 1.29 is 27.6 Å². The SMILES string of the molecule is COc1cc(/C=C(\C#N)c2ccc(Cl)cc2)cc(Cl)c1Oc1ccc(C(F)(F)F)cc1[N+](=O)[O-]. The fourth-order valence-corrected chi connectivity index (χ4v) is 3.31. The molecule has 0 unspecified atom stereocenters. The quantitative estimate of drug-likeness (QED) is 0.147. The number of nitro groups is 1. The first-order valence-electron chi connectivity index (χ1n) is 9.32. The number of hydrogen-bond donors (Lipinski definition) is 0. The van der Waals surface area contributed by atoms with E-state index < -0.39 is 28.1 Å². The maximum atomic E-state index is 13.0. The molecule has 3 aromatic carbocycles. The minimum atomic E-state index is -4.77. The summed E-state index contributed by atoms with van der Waals surface area (Å²) in [5, 5.41) is 21.3. The van der Waals surface area contributed by atoms with Gasteiger partial charge in [-0.25, -0.2) is 0 Å². The van der Waals surface area contributed by atoms with Gasteiger partial charge in [0.05, 0.1) is 34.3 Å². The van der Waals surface area contributed by atoms with Gasteiger partial charge in [-0.2, -0.15) is 18.4 Å². The van der Waals surface area contributed by atoms with Gasteiger partial charge in [-0.15, -0.1) is 0 Å². The summed E-state index contributed by atoms with van der Waals surface area (Å²) in [6, 6.07) is 13.4. The minimum Gasteiger partial charge on any atom is -0.493 e. The Morgan fingerprint density at radius 1 is 1.09 bits per heavy atom. The molecule has 0 amide bonds. The van der Waals surface area contributed by atoms with Gasteiger partial charge in [0.2, 0.25) is 5.75 Å². The molecular formula is C23H13Cl2F3N2O4. The van der Waals surface area contributed by atoms with Crippen LogP contribution in [-0.2, 0) is 6.18 Å². The largest absolute Gasteiger partial charge is 0.493 e. The molecule has 0 aromatic heterocycles. The van der Waals surface area contributed by atoms with Crippen molar-refractivity contribution in [3.63, 3.8) is 0 Å². The van der Waals surface area contributed by atoms with Crippen LogP contribution in [0.2, 0.25) is 10.0 Å². The predicted octanol–water partition coefficient (Wildman–Crippen LogP) is 7.79. The average Bonchev–Trinajstić information content (AvgIpc) is 2.78. The second-order valence-electron chi connectivity index (χ2n) is 6.75. The van der Waals surface area contributed by atoms with Crippen LogP contribution in [0, 0.1) is 21.4 Å². The Morgan fingerprint density at radius 3 is 2.32 bits per heavy atom. The summed E-state index contributed by atoms with van der Waals surface area (Å²) in [4.78, 5) is 10.3. The van der Waals surface area contributed by atoms with Gasteiger partial charge in [0.1, 0.15) is 0 Å². The van der Waals surface area contributed by atoms with Crippen molar-refractivity contribution in [1.82, 2.24) is 0 Å². The highest BCUT2D eigenvalue weighted by molar-refractivity contribution is 6.32. The summed E-state index contributed by atoms with van der Waals surface area (Å²) >= 11 is 12.2.